The van der Waals surface area contributed by atoms with Crippen LogP contribution in [0.2, 0.25) is 0 Å². The van der Waals surface area contributed by atoms with E-state index >= 15 is 0 Å². The number of thiocarbonyl (C=S) groups is 1. The lowest BCUT2D eigenvalue weighted by Crippen LogP contribution is -2.29. The van der Waals surface area contributed by atoms with Crippen molar-refractivity contribution in [3.05, 3.63) is 46.2 Å². The Morgan fingerprint density at radius 1 is 1.42 bits per heavy atom. The van der Waals surface area contributed by atoms with E-state index in [0.29, 0.717) is 5.82 Å². The molecule has 2 aliphatic rings. The minimum Gasteiger partial charge on any atom is -0.342 e. The summed E-state index contributed by atoms with van der Waals surface area (Å²) in [7, 11) is 0. The molecule has 1 fully saturated rings. The molecule has 7 heteroatoms. The van der Waals surface area contributed by atoms with E-state index in [1.807, 2.05) is 24.3 Å². The molecule has 0 saturated carbocycles. The van der Waals surface area contributed by atoms with Gasteiger partial charge in [-0.2, -0.15) is 0 Å². The highest BCUT2D eigenvalue weighted by molar-refractivity contribution is 7.99. The molecule has 0 aliphatic carbocycles. The Labute approximate surface area is 118 Å². The summed E-state index contributed by atoms with van der Waals surface area (Å²) in [4.78, 5) is 14.8. The minimum absolute atomic E-state index is 0.0105. The maximum Gasteiger partial charge on any atom is 0.446 e. The number of hydrogen-bond acceptors (Lipinski definition) is 5. The Bertz CT molecular complexity index is 737. The van der Waals surface area contributed by atoms with Crippen LogP contribution in [0.3, 0.4) is 0 Å². The van der Waals surface area contributed by atoms with Crippen molar-refractivity contribution in [1.82, 2.24) is 14.6 Å². The van der Waals surface area contributed by atoms with E-state index < -0.39 is 5.76 Å². The van der Waals surface area contributed by atoms with Crippen LogP contribution in [0.25, 0.3) is 5.69 Å². The summed E-state index contributed by atoms with van der Waals surface area (Å²) >= 11 is 7.36. The molecular weight excluding hydrogens is 282 g/mol. The van der Waals surface area contributed by atoms with Crippen molar-refractivity contribution >= 4 is 29.0 Å². The number of fused-ring (bicyclic) bond motifs is 5. The number of thioether (sulfide) groups is 1. The van der Waals surface area contributed by atoms with Crippen LogP contribution in [0, 0.1) is 0 Å². The first kappa shape index (κ1) is 11.2. The van der Waals surface area contributed by atoms with E-state index in [-0.39, 0.29) is 6.04 Å². The van der Waals surface area contributed by atoms with Crippen molar-refractivity contribution in [2.45, 2.75) is 6.04 Å². The molecule has 0 N–H and O–H groups in total. The third kappa shape index (κ3) is 1.45. The molecule has 0 spiro atoms. The van der Waals surface area contributed by atoms with Crippen LogP contribution in [0.5, 0.6) is 0 Å². The molecule has 1 aromatic carbocycles. The molecule has 1 saturated heterocycles. The molecule has 1 aromatic heterocycles. The molecule has 0 radical (unpaired) electrons. The van der Waals surface area contributed by atoms with Gasteiger partial charge in [0.1, 0.15) is 11.0 Å². The lowest BCUT2D eigenvalue weighted by atomic mass is 10.1. The predicted molar refractivity (Wildman–Crippen MR) is 75.7 cm³/mol. The fourth-order valence-electron chi connectivity index (χ4n) is 2.55. The summed E-state index contributed by atoms with van der Waals surface area (Å²) in [5, 5.41) is 3.95. The second-order valence-electron chi connectivity index (χ2n) is 4.45. The Morgan fingerprint density at radius 2 is 2.26 bits per heavy atom. The maximum atomic E-state index is 11.9. The second-order valence-corrected chi connectivity index (χ2v) is 5.84. The normalized spacial score (nSPS) is 20.7. The van der Waals surface area contributed by atoms with Gasteiger partial charge in [-0.15, -0.1) is 11.8 Å². The van der Waals surface area contributed by atoms with Gasteiger partial charge in [0.2, 0.25) is 0 Å². The molecule has 1 unspecified atom stereocenters. The number of aromatic nitrogens is 2. The summed E-state index contributed by atoms with van der Waals surface area (Å²) in [5.41, 5.74) is 1.64. The van der Waals surface area contributed by atoms with Crippen LogP contribution in [-0.4, -0.2) is 31.2 Å². The monoisotopic (exact) mass is 291 g/mol. The summed E-state index contributed by atoms with van der Waals surface area (Å²) in [6.07, 6.45) is 0. The van der Waals surface area contributed by atoms with E-state index in [2.05, 4.69) is 10.1 Å². The highest BCUT2D eigenvalue weighted by atomic mass is 32.2. The molecular formula is C12H9N3O2S2. The van der Waals surface area contributed by atoms with E-state index in [0.717, 1.165) is 27.9 Å². The quantitative estimate of drug-likeness (QED) is 0.687. The Hall–Kier alpha value is -1.60. The standard InChI is InChI=1S/C12H9N3O2S2/c16-12-15-8-4-2-1-3-7(8)11(18)14-6-19-5-9(14)10(15)13-17-12/h1-4,9H,5-6H2. The van der Waals surface area contributed by atoms with E-state index in [1.165, 1.54) is 4.57 Å². The van der Waals surface area contributed by atoms with Gasteiger partial charge >= 0.3 is 5.76 Å². The largest absolute Gasteiger partial charge is 0.446 e. The molecule has 1 atom stereocenters. The average molecular weight is 291 g/mol. The first-order valence-electron chi connectivity index (χ1n) is 5.84. The van der Waals surface area contributed by atoms with Crippen LogP contribution >= 0.6 is 24.0 Å². The van der Waals surface area contributed by atoms with Gasteiger partial charge in [-0.05, 0) is 12.1 Å². The predicted octanol–water partition coefficient (Wildman–Crippen LogP) is 1.56. The van der Waals surface area contributed by atoms with Gasteiger partial charge in [0.15, 0.2) is 5.82 Å². The molecule has 0 amide bonds. The van der Waals surface area contributed by atoms with Gasteiger partial charge in [-0.25, -0.2) is 9.36 Å². The molecule has 0 bridgehead atoms. The van der Waals surface area contributed by atoms with Crippen LogP contribution in [0.4, 0.5) is 0 Å². The zero-order valence-electron chi connectivity index (χ0n) is 9.78. The molecule has 5 nitrogen and oxygen atoms in total. The van der Waals surface area contributed by atoms with Crippen LogP contribution in [0.15, 0.2) is 33.6 Å². The Kier molecular flexibility index (Phi) is 2.33. The third-order valence-corrected chi connectivity index (χ3v) is 4.91. The SMILES string of the molecule is O=c1onc2n1-c1ccccc1C(=S)N1CSCC21. The van der Waals surface area contributed by atoms with Crippen molar-refractivity contribution in [3.63, 3.8) is 0 Å². The van der Waals surface area contributed by atoms with Gasteiger partial charge in [0.25, 0.3) is 0 Å². The first-order valence-corrected chi connectivity index (χ1v) is 7.40. The van der Waals surface area contributed by atoms with Crippen molar-refractivity contribution < 1.29 is 4.52 Å². The van der Waals surface area contributed by atoms with E-state index in [9.17, 15) is 4.79 Å². The fraction of sp³-hybridized carbons (Fsp3) is 0.250. The number of nitrogens with zero attached hydrogens (tertiary/aromatic N) is 3. The maximum absolute atomic E-state index is 11.9. The summed E-state index contributed by atoms with van der Waals surface area (Å²) in [6.45, 7) is 0. The van der Waals surface area contributed by atoms with Crippen LogP contribution in [-0.2, 0) is 0 Å². The topological polar surface area (TPSA) is 51.3 Å². The minimum atomic E-state index is -0.455. The fourth-order valence-corrected chi connectivity index (χ4v) is 4.16. The molecule has 2 aromatic rings. The van der Waals surface area contributed by atoms with Crippen molar-refractivity contribution in [2.24, 2.45) is 0 Å². The van der Waals surface area contributed by atoms with Gasteiger partial charge in [-0.3, -0.25) is 4.52 Å². The van der Waals surface area contributed by atoms with E-state index in [4.69, 9.17) is 16.7 Å². The average Bonchev–Trinajstić information content (AvgIpc) is 3.02. The third-order valence-electron chi connectivity index (χ3n) is 3.45. The van der Waals surface area contributed by atoms with Crippen molar-refractivity contribution in [1.29, 1.82) is 0 Å². The zero-order valence-corrected chi connectivity index (χ0v) is 11.4. The molecule has 2 aliphatic heterocycles. The number of hydrogen-bond donors (Lipinski definition) is 0. The number of para-hydroxylation sites is 1. The Balaban J connectivity index is 2.09. The number of rotatable bonds is 0. The van der Waals surface area contributed by atoms with E-state index in [1.54, 1.807) is 11.8 Å². The molecule has 4 rings (SSSR count). The Morgan fingerprint density at radius 3 is 3.16 bits per heavy atom. The van der Waals surface area contributed by atoms with Crippen molar-refractivity contribution in [2.75, 3.05) is 11.6 Å². The first-order chi connectivity index (χ1) is 9.27. The van der Waals surface area contributed by atoms with Crippen molar-refractivity contribution in [3.8, 4) is 5.69 Å². The van der Waals surface area contributed by atoms with Gasteiger partial charge < -0.3 is 4.90 Å². The molecule has 96 valence electrons. The van der Waals surface area contributed by atoms with Crippen LogP contribution < -0.4 is 5.76 Å². The molecule has 19 heavy (non-hydrogen) atoms. The van der Waals surface area contributed by atoms with Gasteiger partial charge in [0.05, 0.1) is 11.6 Å². The number of benzene rings is 1. The lowest BCUT2D eigenvalue weighted by molar-refractivity contribution is 0.353. The zero-order chi connectivity index (χ0) is 13.0. The second kappa shape index (κ2) is 3.94. The smallest absolute Gasteiger partial charge is 0.342 e. The van der Waals surface area contributed by atoms with Gasteiger partial charge in [0, 0.05) is 11.3 Å². The summed E-state index contributed by atoms with van der Waals surface area (Å²) in [5.74, 6) is 1.87. The highest BCUT2D eigenvalue weighted by Gasteiger charge is 2.38. The van der Waals surface area contributed by atoms with Gasteiger partial charge in [-0.1, -0.05) is 29.5 Å². The summed E-state index contributed by atoms with van der Waals surface area (Å²) in [6, 6.07) is 7.63. The van der Waals surface area contributed by atoms with Crippen LogP contribution in [0.1, 0.15) is 17.4 Å². The highest BCUT2D eigenvalue weighted by Crippen LogP contribution is 2.37. The summed E-state index contributed by atoms with van der Waals surface area (Å²) < 4.78 is 6.39. The molecule has 3 heterocycles. The lowest BCUT2D eigenvalue weighted by Gasteiger charge is -2.22.